The van der Waals surface area contributed by atoms with E-state index in [0.717, 1.165) is 38.8 Å². The SMILES string of the molecule is CC(C)[C@H](N)C(=O)NCC(=O)Nc1ncn(CC(=O)N2CCCCCC2)n1. The van der Waals surface area contributed by atoms with E-state index >= 15 is 0 Å². The van der Waals surface area contributed by atoms with Crippen LogP contribution < -0.4 is 16.4 Å². The molecule has 10 heteroatoms. The van der Waals surface area contributed by atoms with Crippen LogP contribution in [0.1, 0.15) is 39.5 Å². The molecular formula is C17H29N7O3. The summed E-state index contributed by atoms with van der Waals surface area (Å²) in [5.41, 5.74) is 5.71. The first-order valence-electron chi connectivity index (χ1n) is 9.37. The Kier molecular flexibility index (Phi) is 7.71. The van der Waals surface area contributed by atoms with Crippen molar-refractivity contribution >= 4 is 23.7 Å². The molecule has 27 heavy (non-hydrogen) atoms. The van der Waals surface area contributed by atoms with Crippen molar-refractivity contribution in [3.8, 4) is 0 Å². The highest BCUT2D eigenvalue weighted by Crippen LogP contribution is 2.10. The standard InChI is InChI=1S/C17H29N7O3/c1-12(2)15(18)16(27)19-9-13(25)21-17-20-11-24(22-17)10-14(26)23-7-5-3-4-6-8-23/h11-12,15H,3-10,18H2,1-2H3,(H,19,27)(H,21,22,25)/t15-/m0/s1. The number of likely N-dealkylation sites (tertiary alicyclic amines) is 1. The van der Waals surface area contributed by atoms with Crippen molar-refractivity contribution < 1.29 is 14.4 Å². The van der Waals surface area contributed by atoms with Crippen LogP contribution in [0.3, 0.4) is 0 Å². The molecule has 2 heterocycles. The fraction of sp³-hybridized carbons (Fsp3) is 0.706. The van der Waals surface area contributed by atoms with Crippen LogP contribution in [0.15, 0.2) is 6.33 Å². The Labute approximate surface area is 158 Å². The van der Waals surface area contributed by atoms with Crippen molar-refractivity contribution in [2.75, 3.05) is 25.0 Å². The van der Waals surface area contributed by atoms with Crippen LogP contribution >= 0.6 is 0 Å². The minimum absolute atomic E-state index is 0.00499. The molecule has 0 aliphatic carbocycles. The van der Waals surface area contributed by atoms with Crippen molar-refractivity contribution in [3.63, 3.8) is 0 Å². The molecule has 0 bridgehead atoms. The number of hydrogen-bond donors (Lipinski definition) is 3. The highest BCUT2D eigenvalue weighted by atomic mass is 16.2. The number of hydrogen-bond acceptors (Lipinski definition) is 6. The van der Waals surface area contributed by atoms with E-state index in [2.05, 4.69) is 20.7 Å². The van der Waals surface area contributed by atoms with Gasteiger partial charge in [0.1, 0.15) is 12.9 Å². The van der Waals surface area contributed by atoms with Crippen LogP contribution in [0.2, 0.25) is 0 Å². The second-order valence-corrected chi connectivity index (χ2v) is 7.10. The lowest BCUT2D eigenvalue weighted by molar-refractivity contribution is -0.132. The number of anilines is 1. The van der Waals surface area contributed by atoms with Gasteiger partial charge in [-0.2, -0.15) is 0 Å². The Bertz CT molecular complexity index is 651. The van der Waals surface area contributed by atoms with Crippen molar-refractivity contribution in [2.45, 2.75) is 52.1 Å². The van der Waals surface area contributed by atoms with Crippen LogP contribution in [0.25, 0.3) is 0 Å². The molecule has 1 aliphatic heterocycles. The summed E-state index contributed by atoms with van der Waals surface area (Å²) in [4.78, 5) is 41.8. The number of nitrogens with zero attached hydrogens (tertiary/aromatic N) is 4. The van der Waals surface area contributed by atoms with Gasteiger partial charge in [0, 0.05) is 13.1 Å². The van der Waals surface area contributed by atoms with Gasteiger partial charge in [-0.05, 0) is 18.8 Å². The molecule has 1 fully saturated rings. The van der Waals surface area contributed by atoms with Gasteiger partial charge in [-0.15, -0.1) is 5.10 Å². The van der Waals surface area contributed by atoms with Gasteiger partial charge in [-0.3, -0.25) is 19.7 Å². The molecule has 0 aromatic carbocycles. The zero-order valence-corrected chi connectivity index (χ0v) is 16.0. The van der Waals surface area contributed by atoms with Crippen molar-refractivity contribution in [1.29, 1.82) is 0 Å². The molecule has 4 N–H and O–H groups in total. The summed E-state index contributed by atoms with van der Waals surface area (Å²) >= 11 is 0. The van der Waals surface area contributed by atoms with Crippen LogP contribution in [0, 0.1) is 5.92 Å². The molecule has 3 amide bonds. The van der Waals surface area contributed by atoms with Crippen molar-refractivity contribution in [1.82, 2.24) is 25.0 Å². The van der Waals surface area contributed by atoms with Crippen LogP contribution in [0.4, 0.5) is 5.95 Å². The minimum atomic E-state index is -0.667. The average molecular weight is 379 g/mol. The number of carbonyl (C=O) groups is 3. The monoisotopic (exact) mass is 379 g/mol. The average Bonchev–Trinajstić information content (AvgIpc) is 2.89. The first-order valence-corrected chi connectivity index (χ1v) is 9.37. The normalized spacial score (nSPS) is 15.9. The Morgan fingerprint density at radius 3 is 2.48 bits per heavy atom. The molecule has 150 valence electrons. The number of aromatic nitrogens is 3. The second-order valence-electron chi connectivity index (χ2n) is 7.10. The third-order valence-electron chi connectivity index (χ3n) is 4.49. The number of nitrogens with one attached hydrogen (secondary N) is 2. The van der Waals surface area contributed by atoms with E-state index in [0.29, 0.717) is 0 Å². The first-order chi connectivity index (χ1) is 12.9. The molecule has 0 spiro atoms. The van der Waals surface area contributed by atoms with E-state index < -0.39 is 11.9 Å². The van der Waals surface area contributed by atoms with Crippen molar-refractivity contribution in [3.05, 3.63) is 6.33 Å². The molecule has 10 nitrogen and oxygen atoms in total. The lowest BCUT2D eigenvalue weighted by Gasteiger charge is -2.19. The summed E-state index contributed by atoms with van der Waals surface area (Å²) in [7, 11) is 0. The van der Waals surface area contributed by atoms with Crippen LogP contribution in [-0.2, 0) is 20.9 Å². The van der Waals surface area contributed by atoms with E-state index in [9.17, 15) is 14.4 Å². The molecule has 1 atom stereocenters. The molecule has 2 rings (SSSR count). The Hall–Kier alpha value is -2.49. The first kappa shape index (κ1) is 20.8. The summed E-state index contributed by atoms with van der Waals surface area (Å²) in [6.45, 7) is 5.07. The van der Waals surface area contributed by atoms with E-state index in [-0.39, 0.29) is 36.8 Å². The predicted molar refractivity (Wildman–Crippen MR) is 99.5 cm³/mol. The Morgan fingerprint density at radius 1 is 1.19 bits per heavy atom. The van der Waals surface area contributed by atoms with Gasteiger partial charge in [0.15, 0.2) is 0 Å². The molecule has 0 saturated carbocycles. The number of rotatable bonds is 7. The summed E-state index contributed by atoms with van der Waals surface area (Å²) in [6, 6.07) is -0.667. The second kappa shape index (κ2) is 10.0. The van der Waals surface area contributed by atoms with Crippen LogP contribution in [0.5, 0.6) is 0 Å². The maximum atomic E-state index is 12.3. The molecule has 1 aliphatic rings. The molecular weight excluding hydrogens is 350 g/mol. The van der Waals surface area contributed by atoms with E-state index in [1.54, 1.807) is 0 Å². The number of carbonyl (C=O) groups excluding carboxylic acids is 3. The van der Waals surface area contributed by atoms with Gasteiger partial charge in [-0.1, -0.05) is 26.7 Å². The summed E-state index contributed by atoms with van der Waals surface area (Å²) < 4.78 is 1.40. The zero-order valence-electron chi connectivity index (χ0n) is 16.0. The Balaban J connectivity index is 1.78. The predicted octanol–water partition coefficient (Wildman–Crippen LogP) is -0.281. The van der Waals surface area contributed by atoms with E-state index in [1.807, 2.05) is 18.7 Å². The van der Waals surface area contributed by atoms with E-state index in [4.69, 9.17) is 5.73 Å². The van der Waals surface area contributed by atoms with Gasteiger partial charge in [0.25, 0.3) is 0 Å². The summed E-state index contributed by atoms with van der Waals surface area (Å²) in [5, 5.41) is 9.05. The molecule has 1 aromatic heterocycles. The molecule has 1 aromatic rings. The fourth-order valence-corrected chi connectivity index (χ4v) is 2.74. The summed E-state index contributed by atoms with van der Waals surface area (Å²) in [5.74, 6) is -0.787. The van der Waals surface area contributed by atoms with Gasteiger partial charge >= 0.3 is 0 Å². The minimum Gasteiger partial charge on any atom is -0.346 e. The highest BCUT2D eigenvalue weighted by Gasteiger charge is 2.19. The quantitative estimate of drug-likeness (QED) is 0.596. The van der Waals surface area contributed by atoms with Gasteiger partial charge < -0.3 is 16.0 Å². The molecule has 0 radical (unpaired) electrons. The van der Waals surface area contributed by atoms with E-state index in [1.165, 1.54) is 11.0 Å². The smallest absolute Gasteiger partial charge is 0.248 e. The largest absolute Gasteiger partial charge is 0.346 e. The molecule has 0 unspecified atom stereocenters. The third-order valence-corrected chi connectivity index (χ3v) is 4.49. The zero-order chi connectivity index (χ0) is 19.8. The topological polar surface area (TPSA) is 135 Å². The maximum Gasteiger partial charge on any atom is 0.248 e. The van der Waals surface area contributed by atoms with Crippen molar-refractivity contribution in [2.24, 2.45) is 11.7 Å². The number of amides is 3. The maximum absolute atomic E-state index is 12.3. The van der Waals surface area contributed by atoms with Gasteiger partial charge in [-0.25, -0.2) is 9.67 Å². The third kappa shape index (κ3) is 6.63. The Morgan fingerprint density at radius 2 is 1.85 bits per heavy atom. The lowest BCUT2D eigenvalue weighted by Crippen LogP contribution is -2.46. The molecule has 1 saturated heterocycles. The fourth-order valence-electron chi connectivity index (χ4n) is 2.74. The number of nitrogens with two attached hydrogens (primary N) is 1. The highest BCUT2D eigenvalue weighted by molar-refractivity contribution is 5.94. The van der Waals surface area contributed by atoms with Gasteiger partial charge in [0.2, 0.25) is 23.7 Å². The van der Waals surface area contributed by atoms with Crippen LogP contribution in [-0.4, -0.2) is 63.1 Å². The van der Waals surface area contributed by atoms with Gasteiger partial charge in [0.05, 0.1) is 12.6 Å². The summed E-state index contributed by atoms with van der Waals surface area (Å²) in [6.07, 6.45) is 5.76. The lowest BCUT2D eigenvalue weighted by atomic mass is 10.1.